The topological polar surface area (TPSA) is 110 Å². The number of imidazole rings is 1. The highest BCUT2D eigenvalue weighted by Crippen LogP contribution is 2.34. The number of para-hydroxylation sites is 3. The van der Waals surface area contributed by atoms with Gasteiger partial charge in [-0.15, -0.1) is 5.10 Å². The van der Waals surface area contributed by atoms with Gasteiger partial charge in [0.1, 0.15) is 29.9 Å². The third kappa shape index (κ3) is 4.32. The van der Waals surface area contributed by atoms with Crippen LogP contribution in [-0.4, -0.2) is 36.1 Å². The molecular formula is C23H21FN6O4. The van der Waals surface area contributed by atoms with Crippen molar-refractivity contribution in [3.63, 3.8) is 0 Å². The maximum atomic E-state index is 13.8. The molecule has 2 aromatic heterocycles. The molecule has 1 atom stereocenters. The van der Waals surface area contributed by atoms with Crippen molar-refractivity contribution in [3.05, 3.63) is 88.4 Å². The number of hydrogen-bond donors (Lipinski definition) is 0. The number of halogens is 1. The van der Waals surface area contributed by atoms with Crippen molar-refractivity contribution in [3.8, 4) is 17.2 Å². The molecule has 0 spiro atoms. The van der Waals surface area contributed by atoms with Crippen LogP contribution in [0.25, 0.3) is 5.69 Å². The fourth-order valence-corrected chi connectivity index (χ4v) is 3.97. The smallest absolute Gasteiger partial charge is 0.381 e. The highest BCUT2D eigenvalue weighted by Gasteiger charge is 2.39. The molecule has 0 bridgehead atoms. The molecule has 0 amide bonds. The van der Waals surface area contributed by atoms with Crippen molar-refractivity contribution in [2.45, 2.75) is 26.5 Å². The molecule has 5 rings (SSSR count). The van der Waals surface area contributed by atoms with Gasteiger partial charge in [0.05, 0.1) is 12.8 Å². The third-order valence-electron chi connectivity index (χ3n) is 5.61. The van der Waals surface area contributed by atoms with Gasteiger partial charge in [0, 0.05) is 18.4 Å². The molecule has 4 aromatic rings. The lowest BCUT2D eigenvalue weighted by Gasteiger charge is -2.23. The van der Waals surface area contributed by atoms with Crippen LogP contribution in [0.3, 0.4) is 0 Å². The minimum absolute atomic E-state index is 0.0691. The molecule has 1 aliphatic rings. The summed E-state index contributed by atoms with van der Waals surface area (Å²) in [6.45, 7) is 3.09. The van der Waals surface area contributed by atoms with E-state index in [0.717, 1.165) is 0 Å². The molecule has 3 heterocycles. The summed E-state index contributed by atoms with van der Waals surface area (Å²) in [4.78, 5) is 14.6. The number of hydrogen-bond acceptors (Lipinski definition) is 7. The first kappa shape index (κ1) is 21.6. The van der Waals surface area contributed by atoms with Gasteiger partial charge in [-0.3, -0.25) is 0 Å². The molecule has 0 N–H and O–H groups in total. The lowest BCUT2D eigenvalue weighted by Crippen LogP contribution is -2.27. The Labute approximate surface area is 193 Å². The molecule has 10 nitrogen and oxygen atoms in total. The van der Waals surface area contributed by atoms with Crippen molar-refractivity contribution in [2.75, 3.05) is 6.61 Å². The number of fused-ring (bicyclic) bond motifs is 1. The molecule has 0 fully saturated rings. The number of nitrogens with zero attached hydrogens (tertiary/aromatic N) is 6. The quantitative estimate of drug-likeness (QED) is 0.289. The molecule has 34 heavy (non-hydrogen) atoms. The standard InChI is InChI=1S/C23H21FN6O4/c1-23(10-21-25-22(30(31)32)12-28(21)14-23)15-34-20-9-5-3-7-18(20)29-11-16(26-27-29)13-33-19-8-4-2-6-17(19)24/h2-9,11-12H,10,13-15H2,1H3/t23-/m1/s1. The van der Waals surface area contributed by atoms with Crippen LogP contribution in [0, 0.1) is 21.3 Å². The zero-order valence-electron chi connectivity index (χ0n) is 18.3. The van der Waals surface area contributed by atoms with E-state index in [0.29, 0.717) is 42.5 Å². The number of nitro groups is 1. The minimum Gasteiger partial charge on any atom is -0.491 e. The van der Waals surface area contributed by atoms with E-state index in [4.69, 9.17) is 9.47 Å². The molecule has 11 heteroatoms. The first-order valence-corrected chi connectivity index (χ1v) is 10.6. The fourth-order valence-electron chi connectivity index (χ4n) is 3.97. The number of ether oxygens (including phenoxy) is 2. The molecule has 1 aliphatic heterocycles. The second-order valence-corrected chi connectivity index (χ2v) is 8.52. The second-order valence-electron chi connectivity index (χ2n) is 8.52. The van der Waals surface area contributed by atoms with Crippen molar-refractivity contribution in [1.29, 1.82) is 0 Å². The van der Waals surface area contributed by atoms with Gasteiger partial charge in [0.2, 0.25) is 5.82 Å². The molecule has 0 saturated carbocycles. The van der Waals surface area contributed by atoms with E-state index in [1.165, 1.54) is 12.3 Å². The average Bonchev–Trinajstić information content (AvgIpc) is 3.51. The summed E-state index contributed by atoms with van der Waals surface area (Å²) in [6, 6.07) is 13.6. The largest absolute Gasteiger partial charge is 0.491 e. The van der Waals surface area contributed by atoms with E-state index in [-0.39, 0.29) is 23.6 Å². The maximum absolute atomic E-state index is 13.8. The van der Waals surface area contributed by atoms with Gasteiger partial charge in [-0.05, 0) is 34.2 Å². The zero-order valence-corrected chi connectivity index (χ0v) is 18.3. The summed E-state index contributed by atoms with van der Waals surface area (Å²) < 4.78 is 28.8. The monoisotopic (exact) mass is 464 g/mol. The SMILES string of the molecule is C[C@@]1(COc2ccccc2-n2cc(COc3ccccc3F)nn2)Cc2nc([N+](=O)[O-])cn2C1. The van der Waals surface area contributed by atoms with Gasteiger partial charge in [-0.1, -0.05) is 36.4 Å². The first-order chi connectivity index (χ1) is 16.4. The lowest BCUT2D eigenvalue weighted by atomic mass is 9.90. The molecule has 174 valence electrons. The van der Waals surface area contributed by atoms with Crippen molar-refractivity contribution < 1.29 is 18.8 Å². The van der Waals surface area contributed by atoms with E-state index in [1.54, 1.807) is 29.1 Å². The van der Waals surface area contributed by atoms with E-state index < -0.39 is 10.7 Å². The Bertz CT molecular complexity index is 1330. The summed E-state index contributed by atoms with van der Waals surface area (Å²) in [5.41, 5.74) is 0.973. The highest BCUT2D eigenvalue weighted by molar-refractivity contribution is 5.46. The Hall–Kier alpha value is -4.28. The van der Waals surface area contributed by atoms with Crippen LogP contribution in [0.1, 0.15) is 18.4 Å². The molecule has 0 unspecified atom stereocenters. The Morgan fingerprint density at radius 1 is 1.12 bits per heavy atom. The van der Waals surface area contributed by atoms with E-state index in [2.05, 4.69) is 22.2 Å². The zero-order chi connectivity index (χ0) is 23.7. The highest BCUT2D eigenvalue weighted by atomic mass is 19.1. The van der Waals surface area contributed by atoms with Crippen LogP contribution < -0.4 is 9.47 Å². The Kier molecular flexibility index (Phi) is 5.44. The normalized spacial score (nSPS) is 16.9. The van der Waals surface area contributed by atoms with Crippen molar-refractivity contribution in [1.82, 2.24) is 24.5 Å². The Balaban J connectivity index is 1.26. The summed E-state index contributed by atoms with van der Waals surface area (Å²) >= 11 is 0. The third-order valence-corrected chi connectivity index (χ3v) is 5.61. The summed E-state index contributed by atoms with van der Waals surface area (Å²) in [5, 5.41) is 19.2. The summed E-state index contributed by atoms with van der Waals surface area (Å²) in [5.74, 6) is 0.873. The van der Waals surface area contributed by atoms with E-state index >= 15 is 0 Å². The van der Waals surface area contributed by atoms with Crippen LogP contribution in [-0.2, 0) is 19.6 Å². The molecule has 0 radical (unpaired) electrons. The minimum atomic E-state index is -0.483. The van der Waals surface area contributed by atoms with Gasteiger partial charge in [0.25, 0.3) is 0 Å². The molecule has 2 aromatic carbocycles. The average molecular weight is 464 g/mol. The van der Waals surface area contributed by atoms with Gasteiger partial charge in [-0.25, -0.2) is 9.07 Å². The van der Waals surface area contributed by atoms with Crippen molar-refractivity contribution in [2.24, 2.45) is 5.41 Å². The summed E-state index contributed by atoms with van der Waals surface area (Å²) in [6.07, 6.45) is 3.74. The Morgan fingerprint density at radius 2 is 1.88 bits per heavy atom. The second kappa shape index (κ2) is 8.58. The predicted octanol–water partition coefficient (Wildman–Crippen LogP) is 3.73. The molecular weight excluding hydrogens is 443 g/mol. The molecule has 0 saturated heterocycles. The number of rotatable bonds is 8. The van der Waals surface area contributed by atoms with Crippen LogP contribution in [0.2, 0.25) is 0 Å². The van der Waals surface area contributed by atoms with Crippen LogP contribution in [0.5, 0.6) is 11.5 Å². The molecule has 0 aliphatic carbocycles. The van der Waals surface area contributed by atoms with Crippen LogP contribution >= 0.6 is 0 Å². The van der Waals surface area contributed by atoms with Gasteiger partial charge < -0.3 is 24.2 Å². The predicted molar refractivity (Wildman–Crippen MR) is 118 cm³/mol. The summed E-state index contributed by atoms with van der Waals surface area (Å²) in [7, 11) is 0. The maximum Gasteiger partial charge on any atom is 0.381 e. The van der Waals surface area contributed by atoms with Crippen molar-refractivity contribution >= 4 is 5.82 Å². The van der Waals surface area contributed by atoms with E-state index in [9.17, 15) is 14.5 Å². The number of benzene rings is 2. The van der Waals surface area contributed by atoms with Crippen LogP contribution in [0.4, 0.5) is 10.2 Å². The number of aromatic nitrogens is 5. The van der Waals surface area contributed by atoms with Crippen LogP contribution in [0.15, 0.2) is 60.9 Å². The van der Waals surface area contributed by atoms with E-state index in [1.807, 2.05) is 28.8 Å². The van der Waals surface area contributed by atoms with Gasteiger partial charge >= 0.3 is 5.82 Å². The van der Waals surface area contributed by atoms with Gasteiger partial charge in [0.15, 0.2) is 11.6 Å². The lowest BCUT2D eigenvalue weighted by molar-refractivity contribution is -0.389. The van der Waals surface area contributed by atoms with Gasteiger partial charge in [-0.2, -0.15) is 0 Å². The Morgan fingerprint density at radius 3 is 2.65 bits per heavy atom. The fraction of sp³-hybridized carbons (Fsp3) is 0.261. The first-order valence-electron chi connectivity index (χ1n) is 10.6.